The number of pyridine rings is 1. The number of hydrogen-bond acceptors (Lipinski definition) is 3. The predicted octanol–water partition coefficient (Wildman–Crippen LogP) is 6.07. The van der Waals surface area contributed by atoms with Crippen molar-refractivity contribution >= 4 is 39.4 Å². The molecule has 2 heterocycles. The lowest BCUT2D eigenvalue weighted by Crippen LogP contribution is -2.38. The Balaban J connectivity index is 2.14. The average Bonchev–Trinajstić information content (AvgIpc) is 2.62. The summed E-state index contributed by atoms with van der Waals surface area (Å²) in [6.45, 7) is 5.41. The fourth-order valence-corrected chi connectivity index (χ4v) is 3.60. The zero-order valence-corrected chi connectivity index (χ0v) is 17.8. The first-order valence-corrected chi connectivity index (χ1v) is 9.94. The number of ether oxygens (including phenoxy) is 1. The van der Waals surface area contributed by atoms with Crippen molar-refractivity contribution in [3.05, 3.63) is 56.4 Å². The van der Waals surface area contributed by atoms with Gasteiger partial charge in [-0.3, -0.25) is 4.90 Å². The number of benzene rings is 1. The van der Waals surface area contributed by atoms with Gasteiger partial charge in [-0.25, -0.2) is 14.2 Å². The van der Waals surface area contributed by atoms with Gasteiger partial charge in [-0.05, 0) is 79.2 Å². The van der Waals surface area contributed by atoms with Crippen molar-refractivity contribution in [2.75, 3.05) is 4.90 Å². The molecule has 0 aliphatic carbocycles. The first kappa shape index (κ1) is 20.1. The highest BCUT2D eigenvalue weighted by Gasteiger charge is 2.29. The summed E-state index contributed by atoms with van der Waals surface area (Å²) >= 11 is 9.60. The third kappa shape index (κ3) is 4.61. The fraction of sp³-hybridized carbons (Fsp3) is 0.400. The molecule has 0 fully saturated rings. The van der Waals surface area contributed by atoms with Crippen LogP contribution in [0.5, 0.6) is 0 Å². The number of aromatic nitrogens is 1. The summed E-state index contributed by atoms with van der Waals surface area (Å²) < 4.78 is 20.8. The van der Waals surface area contributed by atoms with Crippen LogP contribution in [0.25, 0.3) is 0 Å². The number of anilines is 1. The van der Waals surface area contributed by atoms with Crippen LogP contribution in [0, 0.1) is 5.82 Å². The molecule has 1 aromatic heterocycles. The molecule has 144 valence electrons. The van der Waals surface area contributed by atoms with Gasteiger partial charge < -0.3 is 4.74 Å². The van der Waals surface area contributed by atoms with Gasteiger partial charge in [0.15, 0.2) is 0 Å². The van der Waals surface area contributed by atoms with Crippen molar-refractivity contribution in [2.24, 2.45) is 0 Å². The highest BCUT2D eigenvalue weighted by Crippen LogP contribution is 2.33. The van der Waals surface area contributed by atoms with Gasteiger partial charge in [-0.15, -0.1) is 0 Å². The monoisotopic (exact) mass is 454 g/mol. The summed E-state index contributed by atoms with van der Waals surface area (Å²) in [7, 11) is 0. The molecule has 1 aliphatic heterocycles. The standard InChI is InChI=1S/C20H21BrClFN2O2/c1-20(2,3)27-19(26)25-11-14-12(7-5-9-16(14)23)6-4-8-13-10-15(21)17(22)24-18(13)25/h5,7,9-10H,4,6,8,11H2,1-3H3. The van der Waals surface area contributed by atoms with E-state index in [-0.39, 0.29) is 17.5 Å². The van der Waals surface area contributed by atoms with Gasteiger partial charge >= 0.3 is 6.09 Å². The molecule has 4 nitrogen and oxygen atoms in total. The Bertz CT molecular complexity index is 883. The topological polar surface area (TPSA) is 42.4 Å². The molecule has 0 saturated carbocycles. The van der Waals surface area contributed by atoms with Crippen LogP contribution < -0.4 is 4.90 Å². The SMILES string of the molecule is CC(C)(C)OC(=O)N1Cc2c(F)cccc2CCCc2cc(Br)c(Cl)nc21. The minimum absolute atomic E-state index is 0.0366. The first-order chi connectivity index (χ1) is 12.7. The summed E-state index contributed by atoms with van der Waals surface area (Å²) in [4.78, 5) is 18.8. The molecule has 0 atom stereocenters. The molecule has 0 bridgehead atoms. The van der Waals surface area contributed by atoms with Gasteiger partial charge in [-0.2, -0.15) is 0 Å². The lowest BCUT2D eigenvalue weighted by molar-refractivity contribution is 0.0576. The Morgan fingerprint density at radius 3 is 2.70 bits per heavy atom. The van der Waals surface area contributed by atoms with Crippen molar-refractivity contribution in [3.63, 3.8) is 0 Å². The smallest absolute Gasteiger partial charge is 0.416 e. The first-order valence-electron chi connectivity index (χ1n) is 8.77. The Morgan fingerprint density at radius 2 is 2.00 bits per heavy atom. The highest BCUT2D eigenvalue weighted by atomic mass is 79.9. The molecule has 7 heteroatoms. The Kier molecular flexibility index (Phi) is 5.77. The number of amides is 1. The summed E-state index contributed by atoms with van der Waals surface area (Å²) in [5.41, 5.74) is 1.55. The number of carbonyl (C=O) groups is 1. The van der Waals surface area contributed by atoms with E-state index in [1.807, 2.05) is 12.1 Å². The van der Waals surface area contributed by atoms with Gasteiger partial charge in [0.1, 0.15) is 22.4 Å². The van der Waals surface area contributed by atoms with Crippen LogP contribution in [0.3, 0.4) is 0 Å². The average molecular weight is 456 g/mol. The van der Waals surface area contributed by atoms with Crippen molar-refractivity contribution in [1.82, 2.24) is 4.98 Å². The third-order valence-corrected chi connectivity index (χ3v) is 5.40. The molecule has 0 N–H and O–H groups in total. The van der Waals surface area contributed by atoms with E-state index in [2.05, 4.69) is 20.9 Å². The number of carbonyl (C=O) groups excluding carboxylic acids is 1. The molecule has 0 spiro atoms. The molecular formula is C20H21BrClFN2O2. The fourth-order valence-electron chi connectivity index (χ4n) is 3.10. The van der Waals surface area contributed by atoms with Crippen LogP contribution in [0.2, 0.25) is 5.15 Å². The van der Waals surface area contributed by atoms with E-state index in [9.17, 15) is 9.18 Å². The molecule has 1 aromatic carbocycles. The Hall–Kier alpha value is -1.66. The van der Waals surface area contributed by atoms with E-state index in [4.69, 9.17) is 16.3 Å². The molecule has 3 rings (SSSR count). The largest absolute Gasteiger partial charge is 0.443 e. The number of halogens is 3. The summed E-state index contributed by atoms with van der Waals surface area (Å²) in [5.74, 6) is 0.0706. The molecule has 27 heavy (non-hydrogen) atoms. The number of rotatable bonds is 0. The quantitative estimate of drug-likeness (QED) is 0.453. The minimum Gasteiger partial charge on any atom is -0.443 e. The molecule has 0 saturated heterocycles. The number of nitrogens with zero attached hydrogens (tertiary/aromatic N) is 2. The van der Waals surface area contributed by atoms with E-state index in [1.165, 1.54) is 11.0 Å². The predicted molar refractivity (Wildman–Crippen MR) is 108 cm³/mol. The maximum Gasteiger partial charge on any atom is 0.416 e. The van der Waals surface area contributed by atoms with Crippen LogP contribution >= 0.6 is 27.5 Å². The van der Waals surface area contributed by atoms with Crippen LogP contribution in [-0.4, -0.2) is 16.7 Å². The number of fused-ring (bicyclic) bond motifs is 2. The second-order valence-electron chi connectivity index (χ2n) is 7.54. The number of aryl methyl sites for hydroxylation is 2. The molecule has 2 aromatic rings. The maximum absolute atomic E-state index is 14.6. The molecular weight excluding hydrogens is 435 g/mol. The zero-order valence-electron chi connectivity index (χ0n) is 15.5. The number of hydrogen-bond donors (Lipinski definition) is 0. The zero-order chi connectivity index (χ0) is 19.8. The Labute approximate surface area is 171 Å². The van der Waals surface area contributed by atoms with Crippen LogP contribution in [0.1, 0.15) is 43.9 Å². The van der Waals surface area contributed by atoms with E-state index in [0.29, 0.717) is 22.3 Å². The molecule has 1 amide bonds. The van der Waals surface area contributed by atoms with Crippen LogP contribution in [-0.2, 0) is 24.1 Å². The van der Waals surface area contributed by atoms with Crippen LogP contribution in [0.15, 0.2) is 28.7 Å². The van der Waals surface area contributed by atoms with Crippen molar-refractivity contribution < 1.29 is 13.9 Å². The lowest BCUT2D eigenvalue weighted by Gasteiger charge is -2.28. The van der Waals surface area contributed by atoms with Crippen molar-refractivity contribution in [1.29, 1.82) is 0 Å². The van der Waals surface area contributed by atoms with Gasteiger partial charge in [-0.1, -0.05) is 23.7 Å². The van der Waals surface area contributed by atoms with Gasteiger partial charge in [0.2, 0.25) is 0 Å². The van der Waals surface area contributed by atoms with E-state index < -0.39 is 11.7 Å². The second kappa shape index (κ2) is 7.76. The van der Waals surface area contributed by atoms with Gasteiger partial charge in [0.05, 0.1) is 11.0 Å². The summed E-state index contributed by atoms with van der Waals surface area (Å²) in [6, 6.07) is 6.88. The maximum atomic E-state index is 14.6. The Morgan fingerprint density at radius 1 is 1.30 bits per heavy atom. The lowest BCUT2D eigenvalue weighted by atomic mass is 10.0. The summed E-state index contributed by atoms with van der Waals surface area (Å²) in [5, 5.41) is 0.246. The van der Waals surface area contributed by atoms with Crippen LogP contribution in [0.4, 0.5) is 15.0 Å². The normalized spacial score (nSPS) is 14.5. The van der Waals surface area contributed by atoms with Crippen molar-refractivity contribution in [3.8, 4) is 0 Å². The second-order valence-corrected chi connectivity index (χ2v) is 8.75. The van der Waals surface area contributed by atoms with E-state index in [1.54, 1.807) is 26.8 Å². The van der Waals surface area contributed by atoms with Gasteiger partial charge in [0, 0.05) is 5.56 Å². The minimum atomic E-state index is -0.688. The molecule has 1 aliphatic rings. The third-order valence-electron chi connectivity index (χ3n) is 4.28. The van der Waals surface area contributed by atoms with Gasteiger partial charge in [0.25, 0.3) is 0 Å². The van der Waals surface area contributed by atoms with E-state index in [0.717, 1.165) is 24.0 Å². The molecule has 0 radical (unpaired) electrons. The molecule has 0 unspecified atom stereocenters. The van der Waals surface area contributed by atoms with E-state index >= 15 is 0 Å². The summed E-state index contributed by atoms with van der Waals surface area (Å²) in [6.07, 6.45) is 1.63. The highest BCUT2D eigenvalue weighted by molar-refractivity contribution is 9.10. The van der Waals surface area contributed by atoms with Crippen molar-refractivity contribution in [2.45, 2.75) is 52.2 Å².